The van der Waals surface area contributed by atoms with Crippen molar-refractivity contribution in [3.05, 3.63) is 29.3 Å². The number of benzene rings is 1. The summed E-state index contributed by atoms with van der Waals surface area (Å²) in [4.78, 5) is 14.5. The second-order valence-corrected chi connectivity index (χ2v) is 6.19. The molecule has 1 N–H and O–H groups in total. The third-order valence-corrected chi connectivity index (χ3v) is 4.23. The number of nitrogens with one attached hydrogen (secondary N) is 1. The number of carbonyl (C=O) groups excluding carboxylic acids is 1. The zero-order valence-corrected chi connectivity index (χ0v) is 13.1. The Labute approximate surface area is 122 Å². The van der Waals surface area contributed by atoms with Gasteiger partial charge in [-0.15, -0.1) is 0 Å². The van der Waals surface area contributed by atoms with Crippen molar-refractivity contribution < 1.29 is 4.79 Å². The van der Waals surface area contributed by atoms with Gasteiger partial charge in [-0.05, 0) is 56.7 Å². The minimum absolute atomic E-state index is 0.163. The van der Waals surface area contributed by atoms with Crippen LogP contribution in [0.1, 0.15) is 37.8 Å². The van der Waals surface area contributed by atoms with Crippen LogP contribution in [0.4, 0.5) is 5.69 Å². The Balaban J connectivity index is 1.98. The first-order valence-corrected chi connectivity index (χ1v) is 7.60. The van der Waals surface area contributed by atoms with E-state index in [9.17, 15) is 4.79 Å². The number of hydrogen-bond donors (Lipinski definition) is 1. The highest BCUT2D eigenvalue weighted by Crippen LogP contribution is 2.20. The molecule has 0 spiro atoms. The van der Waals surface area contributed by atoms with Crippen LogP contribution in [-0.4, -0.2) is 29.9 Å². The van der Waals surface area contributed by atoms with E-state index in [2.05, 4.69) is 44.3 Å². The molecular formula is C17H26N2O. The van der Waals surface area contributed by atoms with Crippen molar-refractivity contribution in [3.8, 4) is 0 Å². The maximum atomic E-state index is 12.5. The molecule has 20 heavy (non-hydrogen) atoms. The first-order chi connectivity index (χ1) is 9.47. The summed E-state index contributed by atoms with van der Waals surface area (Å²) in [5.41, 5.74) is 3.46. The summed E-state index contributed by atoms with van der Waals surface area (Å²) in [5, 5.41) is 3.37. The molecule has 0 aliphatic carbocycles. The lowest BCUT2D eigenvalue weighted by Crippen LogP contribution is -2.45. The number of carbonyl (C=O) groups is 1. The zero-order chi connectivity index (χ0) is 14.7. The van der Waals surface area contributed by atoms with E-state index in [-0.39, 0.29) is 11.9 Å². The number of likely N-dealkylation sites (tertiary alicyclic amines) is 1. The molecule has 0 bridgehead atoms. The average molecular weight is 274 g/mol. The van der Waals surface area contributed by atoms with Gasteiger partial charge in [0.1, 0.15) is 6.04 Å². The number of rotatable bonds is 3. The Morgan fingerprint density at radius 2 is 1.95 bits per heavy atom. The van der Waals surface area contributed by atoms with Gasteiger partial charge in [-0.1, -0.05) is 19.1 Å². The lowest BCUT2D eigenvalue weighted by atomic mass is 9.99. The predicted molar refractivity (Wildman–Crippen MR) is 84.0 cm³/mol. The summed E-state index contributed by atoms with van der Waals surface area (Å²) in [5.74, 6) is 0.971. The van der Waals surface area contributed by atoms with Crippen LogP contribution in [0, 0.1) is 19.8 Å². The highest BCUT2D eigenvalue weighted by atomic mass is 16.2. The van der Waals surface area contributed by atoms with Gasteiger partial charge in [0.25, 0.3) is 0 Å². The molecule has 1 aliphatic rings. The Morgan fingerprint density at radius 3 is 2.60 bits per heavy atom. The molecule has 1 amide bonds. The van der Waals surface area contributed by atoms with E-state index in [0.29, 0.717) is 0 Å². The molecule has 0 saturated carbocycles. The average Bonchev–Trinajstić information content (AvgIpc) is 2.43. The standard InChI is InChI=1S/C17H26N2O/c1-12-7-9-19(10-8-12)17(20)15(4)18-16-11-13(2)5-6-14(16)3/h5-6,11-12,15,18H,7-10H2,1-4H3/t15-/m0/s1. The van der Waals surface area contributed by atoms with E-state index >= 15 is 0 Å². The van der Waals surface area contributed by atoms with Crippen molar-refractivity contribution in [2.45, 2.75) is 46.6 Å². The topological polar surface area (TPSA) is 32.3 Å². The summed E-state index contributed by atoms with van der Waals surface area (Å²) in [6, 6.07) is 6.14. The van der Waals surface area contributed by atoms with Crippen LogP contribution < -0.4 is 5.32 Å². The van der Waals surface area contributed by atoms with Gasteiger partial charge < -0.3 is 10.2 Å². The minimum Gasteiger partial charge on any atom is -0.374 e. The second-order valence-electron chi connectivity index (χ2n) is 6.19. The van der Waals surface area contributed by atoms with Gasteiger partial charge in [0.05, 0.1) is 0 Å². The molecule has 0 radical (unpaired) electrons. The third kappa shape index (κ3) is 3.53. The van der Waals surface area contributed by atoms with Crippen molar-refractivity contribution in [1.29, 1.82) is 0 Å². The first kappa shape index (κ1) is 14.9. The van der Waals surface area contributed by atoms with Gasteiger partial charge in [0.2, 0.25) is 5.91 Å². The summed E-state index contributed by atoms with van der Waals surface area (Å²) in [7, 11) is 0. The highest BCUT2D eigenvalue weighted by Gasteiger charge is 2.24. The Morgan fingerprint density at radius 1 is 1.30 bits per heavy atom. The normalized spacial score (nSPS) is 17.9. The second kappa shape index (κ2) is 6.29. The van der Waals surface area contributed by atoms with E-state index in [4.69, 9.17) is 0 Å². The van der Waals surface area contributed by atoms with E-state index in [1.807, 2.05) is 11.8 Å². The van der Waals surface area contributed by atoms with Crippen molar-refractivity contribution in [2.75, 3.05) is 18.4 Å². The fourth-order valence-corrected chi connectivity index (χ4v) is 2.69. The van der Waals surface area contributed by atoms with Gasteiger partial charge >= 0.3 is 0 Å². The van der Waals surface area contributed by atoms with Crippen LogP contribution in [0.2, 0.25) is 0 Å². The number of anilines is 1. The molecule has 1 aromatic carbocycles. The molecule has 0 unspecified atom stereocenters. The zero-order valence-electron chi connectivity index (χ0n) is 13.1. The predicted octanol–water partition coefficient (Wildman–Crippen LogP) is 3.36. The molecule has 1 aliphatic heterocycles. The Bertz CT molecular complexity index is 476. The molecule has 1 atom stereocenters. The minimum atomic E-state index is -0.163. The lowest BCUT2D eigenvalue weighted by Gasteiger charge is -2.32. The maximum absolute atomic E-state index is 12.5. The summed E-state index contributed by atoms with van der Waals surface area (Å²) < 4.78 is 0. The van der Waals surface area contributed by atoms with Crippen molar-refractivity contribution >= 4 is 11.6 Å². The fourth-order valence-electron chi connectivity index (χ4n) is 2.69. The van der Waals surface area contributed by atoms with Gasteiger partial charge in [-0.3, -0.25) is 4.79 Å². The Kier molecular flexibility index (Phi) is 4.69. The number of aryl methyl sites for hydroxylation is 2. The summed E-state index contributed by atoms with van der Waals surface area (Å²) in [6.45, 7) is 10.2. The molecule has 1 fully saturated rings. The number of amides is 1. The van der Waals surface area contributed by atoms with Crippen molar-refractivity contribution in [1.82, 2.24) is 4.90 Å². The number of piperidine rings is 1. The summed E-state index contributed by atoms with van der Waals surface area (Å²) >= 11 is 0. The molecule has 110 valence electrons. The smallest absolute Gasteiger partial charge is 0.244 e. The molecule has 1 saturated heterocycles. The molecular weight excluding hydrogens is 248 g/mol. The number of hydrogen-bond acceptors (Lipinski definition) is 2. The molecule has 3 heteroatoms. The maximum Gasteiger partial charge on any atom is 0.244 e. The molecule has 2 rings (SSSR count). The highest BCUT2D eigenvalue weighted by molar-refractivity contribution is 5.84. The SMILES string of the molecule is Cc1ccc(C)c(N[C@@H](C)C(=O)N2CCC(C)CC2)c1. The molecule has 1 heterocycles. The lowest BCUT2D eigenvalue weighted by molar-refractivity contribution is -0.132. The molecule has 1 aromatic rings. The van der Waals surface area contributed by atoms with Crippen LogP contribution in [0.15, 0.2) is 18.2 Å². The van der Waals surface area contributed by atoms with E-state index in [1.54, 1.807) is 0 Å². The van der Waals surface area contributed by atoms with Gasteiger partial charge in [-0.25, -0.2) is 0 Å². The monoisotopic (exact) mass is 274 g/mol. The van der Waals surface area contributed by atoms with E-state index in [1.165, 1.54) is 11.1 Å². The quantitative estimate of drug-likeness (QED) is 0.916. The van der Waals surface area contributed by atoms with E-state index in [0.717, 1.165) is 37.5 Å². The largest absolute Gasteiger partial charge is 0.374 e. The number of nitrogens with zero attached hydrogens (tertiary/aromatic N) is 1. The van der Waals surface area contributed by atoms with Gasteiger partial charge in [-0.2, -0.15) is 0 Å². The van der Waals surface area contributed by atoms with Gasteiger partial charge in [0, 0.05) is 18.8 Å². The fraction of sp³-hybridized carbons (Fsp3) is 0.588. The van der Waals surface area contributed by atoms with Crippen LogP contribution in [0.5, 0.6) is 0 Å². The summed E-state index contributed by atoms with van der Waals surface area (Å²) in [6.07, 6.45) is 2.25. The molecule has 0 aromatic heterocycles. The Hall–Kier alpha value is -1.51. The van der Waals surface area contributed by atoms with Crippen molar-refractivity contribution in [3.63, 3.8) is 0 Å². The molecule has 3 nitrogen and oxygen atoms in total. The van der Waals surface area contributed by atoms with Crippen LogP contribution in [0.3, 0.4) is 0 Å². The first-order valence-electron chi connectivity index (χ1n) is 7.60. The van der Waals surface area contributed by atoms with E-state index < -0.39 is 0 Å². The van der Waals surface area contributed by atoms with Crippen molar-refractivity contribution in [2.24, 2.45) is 5.92 Å². The third-order valence-electron chi connectivity index (χ3n) is 4.23. The van der Waals surface area contributed by atoms with Gasteiger partial charge in [0.15, 0.2) is 0 Å². The van der Waals surface area contributed by atoms with Crippen LogP contribution in [-0.2, 0) is 4.79 Å². The van der Waals surface area contributed by atoms with Crippen LogP contribution >= 0.6 is 0 Å². The van der Waals surface area contributed by atoms with Crippen LogP contribution in [0.25, 0.3) is 0 Å².